The quantitative estimate of drug-likeness (QED) is 0.852. The van der Waals surface area contributed by atoms with Crippen molar-refractivity contribution in [3.8, 4) is 0 Å². The van der Waals surface area contributed by atoms with E-state index >= 15 is 0 Å². The monoisotopic (exact) mass is 324 g/mol. The van der Waals surface area contributed by atoms with Crippen molar-refractivity contribution >= 4 is 25.8 Å². The number of hydrogen-bond donors (Lipinski definition) is 1. The zero-order valence-electron chi connectivity index (χ0n) is 9.44. The van der Waals surface area contributed by atoms with Crippen LogP contribution < -0.4 is 11.2 Å². The number of hydrogen-bond acceptors (Lipinski definition) is 4. The van der Waals surface area contributed by atoms with Crippen molar-refractivity contribution in [2.45, 2.75) is 25.6 Å². The molecular weight excluding hydrogens is 312 g/mol. The van der Waals surface area contributed by atoms with Crippen molar-refractivity contribution in [1.29, 1.82) is 0 Å². The number of nitrogens with zero attached hydrogens (tertiary/aromatic N) is 1. The van der Waals surface area contributed by atoms with E-state index in [1.807, 2.05) is 0 Å². The fourth-order valence-electron chi connectivity index (χ4n) is 1.11. The lowest BCUT2D eigenvalue weighted by Gasteiger charge is -2.09. The van der Waals surface area contributed by atoms with Crippen molar-refractivity contribution in [3.63, 3.8) is 0 Å². The first-order valence-corrected chi connectivity index (χ1v) is 7.45. The smallest absolute Gasteiger partial charge is 0.298 e. The van der Waals surface area contributed by atoms with Crippen LogP contribution in [-0.2, 0) is 16.4 Å². The SMILES string of the molecule is CC(C)S(=O)(=O)CCn1cc(Br)c(=O)[nH]c1=O. The van der Waals surface area contributed by atoms with Crippen molar-refractivity contribution in [2.24, 2.45) is 0 Å². The van der Waals surface area contributed by atoms with Gasteiger partial charge in [0.1, 0.15) is 0 Å². The lowest BCUT2D eigenvalue weighted by Crippen LogP contribution is -2.32. The number of rotatable bonds is 4. The number of H-pyrrole nitrogens is 1. The minimum absolute atomic E-state index is 0.0225. The van der Waals surface area contributed by atoms with Crippen LogP contribution in [-0.4, -0.2) is 29.0 Å². The fourth-order valence-corrected chi connectivity index (χ4v) is 2.38. The molecular formula is C9H13BrN2O4S. The third-order valence-electron chi connectivity index (χ3n) is 2.30. The van der Waals surface area contributed by atoms with Gasteiger partial charge >= 0.3 is 5.69 Å². The summed E-state index contributed by atoms with van der Waals surface area (Å²) < 4.78 is 24.5. The van der Waals surface area contributed by atoms with Crippen molar-refractivity contribution < 1.29 is 8.42 Å². The molecule has 6 nitrogen and oxygen atoms in total. The molecule has 0 saturated carbocycles. The van der Waals surface area contributed by atoms with E-state index in [1.54, 1.807) is 13.8 Å². The van der Waals surface area contributed by atoms with Crippen LogP contribution in [0.2, 0.25) is 0 Å². The Hall–Kier alpha value is -0.890. The number of nitrogens with one attached hydrogen (secondary N) is 1. The molecule has 1 heterocycles. The molecule has 1 aromatic rings. The highest BCUT2D eigenvalue weighted by atomic mass is 79.9. The third kappa shape index (κ3) is 3.53. The van der Waals surface area contributed by atoms with E-state index in [2.05, 4.69) is 20.9 Å². The number of aromatic amines is 1. The number of aromatic nitrogens is 2. The predicted molar refractivity (Wildman–Crippen MR) is 67.9 cm³/mol. The maximum atomic E-state index is 11.6. The molecule has 0 amide bonds. The van der Waals surface area contributed by atoms with Gasteiger partial charge in [0, 0.05) is 12.7 Å². The Labute approximate surface area is 107 Å². The molecule has 1 N–H and O–H groups in total. The minimum atomic E-state index is -3.20. The summed E-state index contributed by atoms with van der Waals surface area (Å²) in [7, 11) is -3.20. The third-order valence-corrected chi connectivity index (χ3v) is 5.06. The standard InChI is InChI=1S/C9H13BrN2O4S/c1-6(2)17(15,16)4-3-12-5-7(10)8(13)11-9(12)14/h5-6H,3-4H2,1-2H3,(H,11,13,14). The molecule has 8 heteroatoms. The van der Waals surface area contributed by atoms with Crippen LogP contribution in [0.3, 0.4) is 0 Å². The van der Waals surface area contributed by atoms with Crippen LogP contribution in [0.1, 0.15) is 13.8 Å². The Morgan fingerprint density at radius 1 is 1.41 bits per heavy atom. The van der Waals surface area contributed by atoms with Gasteiger partial charge in [-0.1, -0.05) is 0 Å². The van der Waals surface area contributed by atoms with Gasteiger partial charge in [0.15, 0.2) is 9.84 Å². The second-order valence-corrected chi connectivity index (χ2v) is 7.38. The van der Waals surface area contributed by atoms with Crippen LogP contribution in [0.4, 0.5) is 0 Å². The maximum Gasteiger partial charge on any atom is 0.328 e. The largest absolute Gasteiger partial charge is 0.328 e. The van der Waals surface area contributed by atoms with Gasteiger partial charge in [0.2, 0.25) is 0 Å². The Kier molecular flexibility index (Phi) is 4.31. The molecule has 17 heavy (non-hydrogen) atoms. The molecule has 0 unspecified atom stereocenters. The molecule has 0 aliphatic rings. The molecule has 96 valence electrons. The summed E-state index contributed by atoms with van der Waals surface area (Å²) in [6.07, 6.45) is 1.29. The summed E-state index contributed by atoms with van der Waals surface area (Å²) >= 11 is 2.98. The second-order valence-electron chi connectivity index (χ2n) is 3.85. The van der Waals surface area contributed by atoms with Gasteiger partial charge in [-0.25, -0.2) is 13.2 Å². The summed E-state index contributed by atoms with van der Waals surface area (Å²) in [6, 6.07) is 0. The molecule has 0 bridgehead atoms. The Morgan fingerprint density at radius 2 is 2.00 bits per heavy atom. The fraction of sp³-hybridized carbons (Fsp3) is 0.556. The summed E-state index contributed by atoms with van der Waals surface area (Å²) in [5, 5.41) is -0.482. The van der Waals surface area contributed by atoms with E-state index in [0.717, 1.165) is 4.57 Å². The highest BCUT2D eigenvalue weighted by Crippen LogP contribution is 2.02. The predicted octanol–water partition coefficient (Wildman–Crippen LogP) is 0.122. The van der Waals surface area contributed by atoms with E-state index in [9.17, 15) is 18.0 Å². The maximum absolute atomic E-state index is 11.6. The van der Waals surface area contributed by atoms with Crippen LogP contribution >= 0.6 is 15.9 Å². The van der Waals surface area contributed by atoms with E-state index in [-0.39, 0.29) is 16.8 Å². The van der Waals surface area contributed by atoms with Crippen molar-refractivity contribution in [2.75, 3.05) is 5.75 Å². The highest BCUT2D eigenvalue weighted by Gasteiger charge is 2.16. The Morgan fingerprint density at radius 3 is 2.53 bits per heavy atom. The first-order valence-electron chi connectivity index (χ1n) is 4.95. The van der Waals surface area contributed by atoms with Gasteiger partial charge < -0.3 is 0 Å². The molecule has 0 saturated heterocycles. The lowest BCUT2D eigenvalue weighted by atomic mass is 10.6. The van der Waals surface area contributed by atoms with Gasteiger partial charge in [-0.3, -0.25) is 14.3 Å². The average molecular weight is 325 g/mol. The Bertz CT molecular complexity index is 615. The van der Waals surface area contributed by atoms with E-state index in [0.29, 0.717) is 0 Å². The molecule has 0 aromatic carbocycles. The molecule has 1 rings (SSSR count). The first kappa shape index (κ1) is 14.2. The number of aryl methyl sites for hydroxylation is 1. The van der Waals surface area contributed by atoms with Gasteiger partial charge in [0.25, 0.3) is 5.56 Å². The Balaban J connectivity index is 2.96. The second kappa shape index (κ2) is 5.18. The molecule has 0 radical (unpaired) electrons. The first-order chi connectivity index (χ1) is 7.74. The van der Waals surface area contributed by atoms with E-state index in [1.165, 1.54) is 6.20 Å². The van der Waals surface area contributed by atoms with Crippen LogP contribution in [0.25, 0.3) is 0 Å². The summed E-state index contributed by atoms with van der Waals surface area (Å²) in [5.41, 5.74) is -1.14. The topological polar surface area (TPSA) is 89.0 Å². The number of halogens is 1. The molecule has 1 aromatic heterocycles. The van der Waals surface area contributed by atoms with Crippen molar-refractivity contribution in [3.05, 3.63) is 31.5 Å². The van der Waals surface area contributed by atoms with Gasteiger partial charge in [-0.15, -0.1) is 0 Å². The lowest BCUT2D eigenvalue weighted by molar-refractivity contribution is 0.577. The van der Waals surface area contributed by atoms with Crippen LogP contribution in [0, 0.1) is 0 Å². The van der Waals surface area contributed by atoms with Crippen molar-refractivity contribution in [1.82, 2.24) is 9.55 Å². The minimum Gasteiger partial charge on any atom is -0.298 e. The molecule has 0 fully saturated rings. The molecule has 0 atom stereocenters. The van der Waals surface area contributed by atoms with Crippen LogP contribution in [0.15, 0.2) is 20.3 Å². The highest BCUT2D eigenvalue weighted by molar-refractivity contribution is 9.10. The van der Waals surface area contributed by atoms with E-state index < -0.39 is 26.3 Å². The molecule has 0 spiro atoms. The van der Waals surface area contributed by atoms with Gasteiger partial charge in [0.05, 0.1) is 15.5 Å². The number of sulfone groups is 1. The summed E-state index contributed by atoms with van der Waals surface area (Å²) in [5.74, 6) is -0.136. The van der Waals surface area contributed by atoms with E-state index in [4.69, 9.17) is 0 Å². The summed E-state index contributed by atoms with van der Waals surface area (Å²) in [6.45, 7) is 3.19. The van der Waals surface area contributed by atoms with Gasteiger partial charge in [-0.05, 0) is 29.8 Å². The zero-order valence-corrected chi connectivity index (χ0v) is 11.8. The average Bonchev–Trinajstić information content (AvgIpc) is 2.21. The molecule has 0 aliphatic heterocycles. The summed E-state index contributed by atoms with van der Waals surface area (Å²) in [4.78, 5) is 24.5. The normalized spacial score (nSPS) is 12.0. The van der Waals surface area contributed by atoms with Gasteiger partial charge in [-0.2, -0.15) is 0 Å². The zero-order chi connectivity index (χ0) is 13.2. The molecule has 0 aliphatic carbocycles. The van der Waals surface area contributed by atoms with Crippen LogP contribution in [0.5, 0.6) is 0 Å².